The van der Waals surface area contributed by atoms with E-state index >= 15 is 0 Å². The van der Waals surface area contributed by atoms with Crippen molar-refractivity contribution < 1.29 is 9.21 Å². The first-order chi connectivity index (χ1) is 8.25. The number of carbonyl (C=O) groups is 1. The van der Waals surface area contributed by atoms with Crippen LogP contribution in [-0.4, -0.2) is 30.1 Å². The summed E-state index contributed by atoms with van der Waals surface area (Å²) in [5.74, 6) is 0.979. The van der Waals surface area contributed by atoms with Crippen LogP contribution in [0.3, 0.4) is 0 Å². The summed E-state index contributed by atoms with van der Waals surface area (Å²) < 4.78 is 5.27. The van der Waals surface area contributed by atoms with Gasteiger partial charge in [0.15, 0.2) is 0 Å². The highest BCUT2D eigenvalue weighted by atomic mass is 16.3. The molecular formula is C13H20N2O2. The summed E-state index contributed by atoms with van der Waals surface area (Å²) in [6, 6.07) is 4.13. The minimum Gasteiger partial charge on any atom is -0.469 e. The van der Waals surface area contributed by atoms with Gasteiger partial charge in [-0.15, -0.1) is 0 Å². The van der Waals surface area contributed by atoms with Crippen molar-refractivity contribution in [2.45, 2.75) is 38.6 Å². The molecule has 1 N–H and O–H groups in total. The molecule has 0 aromatic carbocycles. The summed E-state index contributed by atoms with van der Waals surface area (Å²) >= 11 is 0. The molecule has 0 unspecified atom stereocenters. The topological polar surface area (TPSA) is 45.5 Å². The molecule has 0 aliphatic carbocycles. The van der Waals surface area contributed by atoms with Gasteiger partial charge in [-0.3, -0.25) is 0 Å². The number of likely N-dealkylation sites (tertiary alicyclic amines) is 1. The van der Waals surface area contributed by atoms with Crippen LogP contribution in [0.5, 0.6) is 0 Å². The first kappa shape index (κ1) is 12.0. The fourth-order valence-corrected chi connectivity index (χ4v) is 2.11. The van der Waals surface area contributed by atoms with E-state index in [1.807, 2.05) is 24.0 Å². The minimum absolute atomic E-state index is 0.0782. The average Bonchev–Trinajstić information content (AvgIpc) is 2.99. The van der Waals surface area contributed by atoms with Crippen molar-refractivity contribution in [3.8, 4) is 0 Å². The Morgan fingerprint density at radius 2 is 2.29 bits per heavy atom. The lowest BCUT2D eigenvalue weighted by atomic mass is 10.1. The van der Waals surface area contributed by atoms with Crippen LogP contribution < -0.4 is 5.32 Å². The molecule has 1 aliphatic heterocycles. The number of amides is 2. The molecule has 4 heteroatoms. The molecule has 1 aliphatic rings. The van der Waals surface area contributed by atoms with Gasteiger partial charge < -0.3 is 14.6 Å². The lowest BCUT2D eigenvalue weighted by Crippen LogP contribution is -2.42. The molecule has 0 radical (unpaired) electrons. The van der Waals surface area contributed by atoms with E-state index in [0.29, 0.717) is 0 Å². The summed E-state index contributed by atoms with van der Waals surface area (Å²) in [5.41, 5.74) is 0. The molecule has 1 saturated heterocycles. The summed E-state index contributed by atoms with van der Waals surface area (Å²) in [6.07, 6.45) is 5.73. The number of urea groups is 1. The molecule has 0 spiro atoms. The van der Waals surface area contributed by atoms with Gasteiger partial charge in [0, 0.05) is 25.6 Å². The van der Waals surface area contributed by atoms with Crippen LogP contribution in [0.25, 0.3) is 0 Å². The van der Waals surface area contributed by atoms with E-state index in [2.05, 4.69) is 5.32 Å². The Hall–Kier alpha value is -1.45. The van der Waals surface area contributed by atoms with Crippen molar-refractivity contribution >= 4 is 6.03 Å². The Morgan fingerprint density at radius 3 is 2.94 bits per heavy atom. The third kappa shape index (κ3) is 3.51. The second kappa shape index (κ2) is 5.75. The van der Waals surface area contributed by atoms with Crippen LogP contribution in [0.2, 0.25) is 0 Å². The van der Waals surface area contributed by atoms with Crippen LogP contribution in [0.4, 0.5) is 4.79 Å². The highest BCUT2D eigenvalue weighted by Gasteiger charge is 2.18. The van der Waals surface area contributed by atoms with E-state index in [-0.39, 0.29) is 12.1 Å². The van der Waals surface area contributed by atoms with E-state index < -0.39 is 0 Å². The zero-order valence-corrected chi connectivity index (χ0v) is 10.3. The van der Waals surface area contributed by atoms with Crippen LogP contribution in [0.15, 0.2) is 22.8 Å². The molecule has 17 heavy (non-hydrogen) atoms. The van der Waals surface area contributed by atoms with Gasteiger partial charge in [0.25, 0.3) is 0 Å². The van der Waals surface area contributed by atoms with Crippen molar-refractivity contribution in [2.75, 3.05) is 13.1 Å². The van der Waals surface area contributed by atoms with Crippen molar-refractivity contribution in [3.05, 3.63) is 24.2 Å². The van der Waals surface area contributed by atoms with Gasteiger partial charge >= 0.3 is 6.03 Å². The monoisotopic (exact) mass is 236 g/mol. The largest absolute Gasteiger partial charge is 0.469 e. The van der Waals surface area contributed by atoms with E-state index in [9.17, 15) is 4.79 Å². The number of hydrogen-bond acceptors (Lipinski definition) is 2. The second-order valence-corrected chi connectivity index (χ2v) is 4.66. The maximum absolute atomic E-state index is 11.8. The predicted octanol–water partition coefficient (Wildman–Crippen LogP) is 2.41. The lowest BCUT2D eigenvalue weighted by molar-refractivity contribution is 0.204. The van der Waals surface area contributed by atoms with E-state index in [1.54, 1.807) is 6.26 Å². The summed E-state index contributed by atoms with van der Waals surface area (Å²) in [6.45, 7) is 3.84. The molecular weight excluding hydrogens is 216 g/mol. The maximum Gasteiger partial charge on any atom is 0.317 e. The summed E-state index contributed by atoms with van der Waals surface area (Å²) in [5, 5.41) is 3.03. The van der Waals surface area contributed by atoms with Gasteiger partial charge in [0.2, 0.25) is 0 Å². The van der Waals surface area contributed by atoms with Gasteiger partial charge in [-0.05, 0) is 38.3 Å². The number of carbonyl (C=O) groups excluding carboxylic acids is 1. The summed E-state index contributed by atoms with van der Waals surface area (Å²) in [4.78, 5) is 13.7. The second-order valence-electron chi connectivity index (χ2n) is 4.66. The highest BCUT2D eigenvalue weighted by molar-refractivity contribution is 5.74. The molecule has 2 rings (SSSR count). The Bertz CT molecular complexity index is 342. The quantitative estimate of drug-likeness (QED) is 0.872. The van der Waals surface area contributed by atoms with Gasteiger partial charge in [-0.25, -0.2) is 4.79 Å². The Balaban J connectivity index is 1.69. The Labute approximate surface area is 102 Å². The van der Waals surface area contributed by atoms with Gasteiger partial charge in [0.1, 0.15) is 5.76 Å². The van der Waals surface area contributed by atoms with Crippen molar-refractivity contribution in [1.29, 1.82) is 0 Å². The molecule has 94 valence electrons. The fourth-order valence-electron chi connectivity index (χ4n) is 2.11. The smallest absolute Gasteiger partial charge is 0.317 e. The molecule has 0 bridgehead atoms. The minimum atomic E-state index is 0.0782. The molecule has 2 heterocycles. The molecule has 1 atom stereocenters. The van der Waals surface area contributed by atoms with Gasteiger partial charge in [-0.1, -0.05) is 0 Å². The first-order valence-electron chi connectivity index (χ1n) is 6.33. The number of nitrogens with one attached hydrogen (secondary N) is 1. The van der Waals surface area contributed by atoms with Crippen LogP contribution in [0, 0.1) is 0 Å². The average molecular weight is 236 g/mol. The zero-order valence-electron chi connectivity index (χ0n) is 10.3. The van der Waals surface area contributed by atoms with E-state index in [4.69, 9.17) is 4.42 Å². The van der Waals surface area contributed by atoms with Crippen molar-refractivity contribution in [3.63, 3.8) is 0 Å². The third-order valence-electron chi connectivity index (χ3n) is 3.17. The molecule has 1 aromatic rings. The third-order valence-corrected chi connectivity index (χ3v) is 3.17. The van der Waals surface area contributed by atoms with Crippen molar-refractivity contribution in [2.24, 2.45) is 0 Å². The Kier molecular flexibility index (Phi) is 4.07. The van der Waals surface area contributed by atoms with E-state index in [1.165, 1.54) is 0 Å². The first-order valence-corrected chi connectivity index (χ1v) is 6.33. The number of aryl methyl sites for hydroxylation is 1. The zero-order chi connectivity index (χ0) is 12.1. The Morgan fingerprint density at radius 1 is 1.53 bits per heavy atom. The molecule has 4 nitrogen and oxygen atoms in total. The van der Waals surface area contributed by atoms with Crippen molar-refractivity contribution in [1.82, 2.24) is 10.2 Å². The predicted molar refractivity (Wildman–Crippen MR) is 65.8 cm³/mol. The van der Waals surface area contributed by atoms with Crippen LogP contribution >= 0.6 is 0 Å². The van der Waals surface area contributed by atoms with Gasteiger partial charge in [-0.2, -0.15) is 0 Å². The number of hydrogen-bond donors (Lipinski definition) is 1. The van der Waals surface area contributed by atoms with Crippen LogP contribution in [-0.2, 0) is 6.42 Å². The molecule has 1 aromatic heterocycles. The molecule has 2 amide bonds. The number of furan rings is 1. The van der Waals surface area contributed by atoms with Crippen LogP contribution in [0.1, 0.15) is 31.9 Å². The lowest BCUT2D eigenvalue weighted by Gasteiger charge is -2.20. The van der Waals surface area contributed by atoms with Gasteiger partial charge in [0.05, 0.1) is 6.26 Å². The SMILES string of the molecule is C[C@H](CCc1ccco1)NC(=O)N1CCCC1. The number of nitrogens with zero attached hydrogens (tertiary/aromatic N) is 1. The van der Waals surface area contributed by atoms with E-state index in [0.717, 1.165) is 44.5 Å². The summed E-state index contributed by atoms with van der Waals surface area (Å²) in [7, 11) is 0. The number of rotatable bonds is 4. The molecule has 1 fully saturated rings. The highest BCUT2D eigenvalue weighted by Crippen LogP contribution is 2.09. The normalized spacial score (nSPS) is 17.1. The standard InChI is InChI=1S/C13H20N2O2/c1-11(6-7-12-5-4-10-17-12)14-13(16)15-8-2-3-9-15/h4-5,10-11H,2-3,6-9H2,1H3,(H,14,16)/t11-/m1/s1. The fraction of sp³-hybridized carbons (Fsp3) is 0.615. The molecule has 0 saturated carbocycles. The maximum atomic E-state index is 11.8.